The fourth-order valence-electron chi connectivity index (χ4n) is 2.58. The summed E-state index contributed by atoms with van der Waals surface area (Å²) in [6.45, 7) is 1.32. The minimum Gasteiger partial charge on any atom is -0.393 e. The summed E-state index contributed by atoms with van der Waals surface area (Å²) in [7, 11) is 3.99. The standard InChI is InChI=1S/C14H20N4O3/c1-16(2)11-4-3-7-17(9-11)14(19)10-5-6-12(15)13(8-10)18(20)21/h5-6,8,11H,3-4,7,9,15H2,1-2H3. The van der Waals surface area contributed by atoms with E-state index in [1.807, 2.05) is 14.1 Å². The summed E-state index contributed by atoms with van der Waals surface area (Å²) in [5, 5.41) is 10.9. The van der Waals surface area contributed by atoms with Gasteiger partial charge in [0.15, 0.2) is 0 Å². The fourth-order valence-corrected chi connectivity index (χ4v) is 2.58. The molecule has 1 aliphatic heterocycles. The van der Waals surface area contributed by atoms with E-state index in [4.69, 9.17) is 5.73 Å². The molecule has 1 heterocycles. The number of nitrogen functional groups attached to an aromatic ring is 1. The quantitative estimate of drug-likeness (QED) is 0.515. The number of nitro groups is 1. The summed E-state index contributed by atoms with van der Waals surface area (Å²) < 4.78 is 0. The Hall–Kier alpha value is -2.15. The van der Waals surface area contributed by atoms with Crippen molar-refractivity contribution in [3.8, 4) is 0 Å². The van der Waals surface area contributed by atoms with Crippen molar-refractivity contribution < 1.29 is 9.72 Å². The highest BCUT2D eigenvalue weighted by molar-refractivity contribution is 5.95. The molecule has 2 N–H and O–H groups in total. The van der Waals surface area contributed by atoms with Crippen LogP contribution in [0.1, 0.15) is 23.2 Å². The summed E-state index contributed by atoms with van der Waals surface area (Å²) in [6, 6.07) is 4.55. The number of nitrogens with zero attached hydrogens (tertiary/aromatic N) is 3. The van der Waals surface area contributed by atoms with Gasteiger partial charge >= 0.3 is 0 Å². The minimum atomic E-state index is -0.565. The highest BCUT2D eigenvalue weighted by Crippen LogP contribution is 2.24. The number of hydrogen-bond acceptors (Lipinski definition) is 5. The second-order valence-corrected chi connectivity index (χ2v) is 5.54. The van der Waals surface area contributed by atoms with Gasteiger partial charge < -0.3 is 15.5 Å². The molecule has 0 aliphatic carbocycles. The zero-order chi connectivity index (χ0) is 15.6. The number of hydrogen-bond donors (Lipinski definition) is 1. The normalized spacial score (nSPS) is 18.8. The van der Waals surface area contributed by atoms with Crippen LogP contribution in [0.15, 0.2) is 18.2 Å². The molecule has 0 spiro atoms. The van der Waals surface area contributed by atoms with E-state index < -0.39 is 4.92 Å². The van der Waals surface area contributed by atoms with Crippen LogP contribution in [-0.4, -0.2) is 53.9 Å². The van der Waals surface area contributed by atoms with Crippen LogP contribution >= 0.6 is 0 Å². The van der Waals surface area contributed by atoms with Crippen LogP contribution in [0.4, 0.5) is 11.4 Å². The number of piperidine rings is 1. The number of carbonyl (C=O) groups is 1. The Morgan fingerprint density at radius 1 is 1.48 bits per heavy atom. The van der Waals surface area contributed by atoms with Gasteiger partial charge in [-0.25, -0.2) is 0 Å². The first-order chi connectivity index (χ1) is 9.90. The van der Waals surface area contributed by atoms with Crippen molar-refractivity contribution >= 4 is 17.3 Å². The Balaban J connectivity index is 2.20. The molecule has 7 nitrogen and oxygen atoms in total. The third kappa shape index (κ3) is 3.30. The van der Waals surface area contributed by atoms with Crippen molar-refractivity contribution in [2.75, 3.05) is 32.9 Å². The maximum absolute atomic E-state index is 12.5. The summed E-state index contributed by atoms with van der Waals surface area (Å²) in [5.41, 5.74) is 5.72. The van der Waals surface area contributed by atoms with Crippen molar-refractivity contribution in [3.05, 3.63) is 33.9 Å². The first-order valence-corrected chi connectivity index (χ1v) is 6.89. The van der Waals surface area contributed by atoms with E-state index in [1.165, 1.54) is 12.1 Å². The second kappa shape index (κ2) is 6.09. The molecule has 7 heteroatoms. The predicted molar refractivity (Wildman–Crippen MR) is 80.1 cm³/mol. The lowest BCUT2D eigenvalue weighted by molar-refractivity contribution is -0.383. The molecule has 1 saturated heterocycles. The van der Waals surface area contributed by atoms with Crippen molar-refractivity contribution in [1.29, 1.82) is 0 Å². The molecular formula is C14H20N4O3. The molecule has 1 fully saturated rings. The lowest BCUT2D eigenvalue weighted by Gasteiger charge is -2.36. The number of carbonyl (C=O) groups excluding carboxylic acids is 1. The third-order valence-electron chi connectivity index (χ3n) is 3.89. The lowest BCUT2D eigenvalue weighted by Crippen LogP contribution is -2.47. The first kappa shape index (κ1) is 15.2. The van der Waals surface area contributed by atoms with Gasteiger partial charge in [-0.2, -0.15) is 0 Å². The molecule has 114 valence electrons. The van der Waals surface area contributed by atoms with E-state index in [0.29, 0.717) is 24.7 Å². The zero-order valence-electron chi connectivity index (χ0n) is 12.3. The number of rotatable bonds is 3. The van der Waals surface area contributed by atoms with Gasteiger partial charge in [0, 0.05) is 30.8 Å². The smallest absolute Gasteiger partial charge is 0.292 e. The zero-order valence-corrected chi connectivity index (χ0v) is 12.3. The van der Waals surface area contributed by atoms with Gasteiger partial charge in [-0.05, 0) is 39.1 Å². The Morgan fingerprint density at radius 3 is 2.81 bits per heavy atom. The van der Waals surface area contributed by atoms with Crippen molar-refractivity contribution in [1.82, 2.24) is 9.80 Å². The predicted octanol–water partition coefficient (Wildman–Crippen LogP) is 1.34. The molecule has 0 bridgehead atoms. The summed E-state index contributed by atoms with van der Waals surface area (Å²) in [5.74, 6) is -0.176. The summed E-state index contributed by atoms with van der Waals surface area (Å²) in [4.78, 5) is 26.7. The van der Waals surface area contributed by atoms with Crippen molar-refractivity contribution in [3.63, 3.8) is 0 Å². The minimum absolute atomic E-state index is 0.0707. The highest BCUT2D eigenvalue weighted by Gasteiger charge is 2.26. The Kier molecular flexibility index (Phi) is 4.42. The Labute approximate surface area is 123 Å². The van der Waals surface area contributed by atoms with E-state index in [9.17, 15) is 14.9 Å². The molecule has 1 aromatic carbocycles. The topological polar surface area (TPSA) is 92.7 Å². The second-order valence-electron chi connectivity index (χ2n) is 5.54. The number of amides is 1. The Morgan fingerprint density at radius 2 is 2.19 bits per heavy atom. The summed E-state index contributed by atoms with van der Waals surface area (Å²) >= 11 is 0. The van der Waals surface area contributed by atoms with Crippen LogP contribution < -0.4 is 5.73 Å². The first-order valence-electron chi connectivity index (χ1n) is 6.89. The lowest BCUT2D eigenvalue weighted by atomic mass is 10.0. The van der Waals surface area contributed by atoms with Crippen molar-refractivity contribution in [2.45, 2.75) is 18.9 Å². The van der Waals surface area contributed by atoms with E-state index in [1.54, 1.807) is 11.0 Å². The molecule has 0 saturated carbocycles. The number of anilines is 1. The van der Waals surface area contributed by atoms with E-state index >= 15 is 0 Å². The number of likely N-dealkylation sites (tertiary alicyclic amines) is 1. The molecule has 1 aliphatic rings. The van der Waals surface area contributed by atoms with Crippen LogP contribution in [0.5, 0.6) is 0 Å². The number of nitrogens with two attached hydrogens (primary N) is 1. The average molecular weight is 292 g/mol. The third-order valence-corrected chi connectivity index (χ3v) is 3.89. The monoisotopic (exact) mass is 292 g/mol. The molecule has 1 aromatic rings. The Bertz CT molecular complexity index is 559. The van der Waals surface area contributed by atoms with Gasteiger partial charge in [0.2, 0.25) is 0 Å². The average Bonchev–Trinajstić information content (AvgIpc) is 2.46. The molecule has 0 aromatic heterocycles. The van der Waals surface area contributed by atoms with Gasteiger partial charge in [-0.3, -0.25) is 14.9 Å². The van der Waals surface area contributed by atoms with E-state index in [-0.39, 0.29) is 17.3 Å². The molecule has 1 amide bonds. The van der Waals surface area contributed by atoms with E-state index in [0.717, 1.165) is 12.8 Å². The van der Waals surface area contributed by atoms with Crippen molar-refractivity contribution in [2.24, 2.45) is 0 Å². The summed E-state index contributed by atoms with van der Waals surface area (Å²) in [6.07, 6.45) is 1.99. The molecule has 1 atom stereocenters. The van der Waals surface area contributed by atoms with Crippen LogP contribution in [0.25, 0.3) is 0 Å². The molecule has 21 heavy (non-hydrogen) atoms. The number of likely N-dealkylation sites (N-methyl/N-ethyl adjacent to an activating group) is 1. The van der Waals surface area contributed by atoms with Gasteiger partial charge in [-0.1, -0.05) is 0 Å². The number of benzene rings is 1. The van der Waals surface area contributed by atoms with Gasteiger partial charge in [0.25, 0.3) is 11.6 Å². The van der Waals surface area contributed by atoms with Crippen LogP contribution in [-0.2, 0) is 0 Å². The highest BCUT2D eigenvalue weighted by atomic mass is 16.6. The maximum Gasteiger partial charge on any atom is 0.292 e. The molecule has 0 radical (unpaired) electrons. The van der Waals surface area contributed by atoms with Gasteiger partial charge in [0.1, 0.15) is 5.69 Å². The van der Waals surface area contributed by atoms with Crippen LogP contribution in [0.3, 0.4) is 0 Å². The van der Waals surface area contributed by atoms with Gasteiger partial charge in [0.05, 0.1) is 4.92 Å². The van der Waals surface area contributed by atoms with Crippen LogP contribution in [0, 0.1) is 10.1 Å². The molecule has 1 unspecified atom stereocenters. The largest absolute Gasteiger partial charge is 0.393 e. The fraction of sp³-hybridized carbons (Fsp3) is 0.500. The maximum atomic E-state index is 12.5. The SMILES string of the molecule is CN(C)C1CCCN(C(=O)c2ccc(N)c([N+](=O)[O-])c2)C1. The van der Waals surface area contributed by atoms with Crippen LogP contribution in [0.2, 0.25) is 0 Å². The number of nitro benzene ring substituents is 1. The van der Waals surface area contributed by atoms with E-state index in [2.05, 4.69) is 4.90 Å². The molecule has 2 rings (SSSR count). The van der Waals surface area contributed by atoms with Gasteiger partial charge in [-0.15, -0.1) is 0 Å². The molecular weight excluding hydrogens is 272 g/mol.